The van der Waals surface area contributed by atoms with Gasteiger partial charge in [0.2, 0.25) is 12.7 Å². The molecule has 0 aromatic carbocycles. The van der Waals surface area contributed by atoms with Crippen LogP contribution in [-0.2, 0) is 23.9 Å². The second kappa shape index (κ2) is 9.37. The molecule has 0 radical (unpaired) electrons. The Morgan fingerprint density at radius 2 is 1.81 bits per heavy atom. The monoisotopic (exact) mass is 301 g/mol. The van der Waals surface area contributed by atoms with Gasteiger partial charge in [0.05, 0.1) is 0 Å². The van der Waals surface area contributed by atoms with Gasteiger partial charge >= 0.3 is 11.9 Å². The maximum Gasteiger partial charge on any atom is 0.308 e. The molecule has 0 aromatic heterocycles. The molecule has 0 rings (SSSR count). The molecule has 1 unspecified atom stereocenters. The predicted molar refractivity (Wildman–Crippen MR) is 78.3 cm³/mol. The quantitative estimate of drug-likeness (QED) is 0.521. The van der Waals surface area contributed by atoms with Crippen LogP contribution in [0.5, 0.6) is 0 Å². The molecule has 0 bridgehead atoms. The minimum atomic E-state index is -0.499. The van der Waals surface area contributed by atoms with E-state index in [4.69, 9.17) is 4.74 Å². The van der Waals surface area contributed by atoms with E-state index >= 15 is 0 Å². The first-order valence-electron chi connectivity index (χ1n) is 7.29. The molecule has 6 heteroatoms. The Balaban J connectivity index is 3.99. The molecule has 0 heterocycles. The van der Waals surface area contributed by atoms with Crippen LogP contribution in [0.4, 0.5) is 0 Å². The number of amides is 1. The number of carbonyl (C=O) groups is 3. The van der Waals surface area contributed by atoms with E-state index in [1.54, 1.807) is 0 Å². The number of ether oxygens (including phenoxy) is 2. The Kier molecular flexibility index (Phi) is 8.66. The number of hydrogen-bond acceptors (Lipinski definition) is 5. The highest BCUT2D eigenvalue weighted by Crippen LogP contribution is 2.22. The second-order valence-corrected chi connectivity index (χ2v) is 5.82. The summed E-state index contributed by atoms with van der Waals surface area (Å²) in [6.45, 7) is 8.58. The number of hydrogen-bond donors (Lipinski definition) is 1. The second-order valence-electron chi connectivity index (χ2n) is 5.82. The molecule has 1 atom stereocenters. The van der Waals surface area contributed by atoms with Gasteiger partial charge in [-0.3, -0.25) is 14.4 Å². The number of nitrogens with one attached hydrogen (secondary N) is 1. The van der Waals surface area contributed by atoms with E-state index < -0.39 is 17.4 Å². The fourth-order valence-corrected chi connectivity index (χ4v) is 1.81. The molecule has 122 valence electrons. The van der Waals surface area contributed by atoms with Crippen LogP contribution >= 0.6 is 0 Å². The highest BCUT2D eigenvalue weighted by molar-refractivity contribution is 5.82. The van der Waals surface area contributed by atoms with Crippen LogP contribution in [0.3, 0.4) is 0 Å². The van der Waals surface area contributed by atoms with Gasteiger partial charge < -0.3 is 14.8 Å². The van der Waals surface area contributed by atoms with E-state index in [1.165, 1.54) is 6.92 Å². The summed E-state index contributed by atoms with van der Waals surface area (Å²) in [5.41, 5.74) is -0.404. The van der Waals surface area contributed by atoms with E-state index in [1.807, 2.05) is 27.7 Å². The Bertz CT molecular complexity index is 365. The largest absolute Gasteiger partial charge is 0.428 e. The molecule has 0 saturated carbocycles. The zero-order valence-corrected chi connectivity index (χ0v) is 13.7. The Hall–Kier alpha value is -1.59. The van der Waals surface area contributed by atoms with Crippen molar-refractivity contribution < 1.29 is 23.9 Å². The standard InChI is InChI=1S/C15H27NO5/c1-6-9-15(4,5)14(19)16-11(2)7-8-13(18)21-10-20-12(3)17/h11H,6-10H2,1-5H3,(H,16,19). The summed E-state index contributed by atoms with van der Waals surface area (Å²) in [7, 11) is 0. The van der Waals surface area contributed by atoms with E-state index in [2.05, 4.69) is 10.1 Å². The summed E-state index contributed by atoms with van der Waals surface area (Å²) in [6.07, 6.45) is 2.40. The topological polar surface area (TPSA) is 81.7 Å². The minimum Gasteiger partial charge on any atom is -0.428 e. The molecule has 0 aromatic rings. The Labute approximate surface area is 126 Å². The van der Waals surface area contributed by atoms with Crippen LogP contribution in [0.15, 0.2) is 0 Å². The molecule has 21 heavy (non-hydrogen) atoms. The normalized spacial score (nSPS) is 12.4. The SMILES string of the molecule is CCCC(C)(C)C(=O)NC(C)CCC(=O)OCOC(C)=O. The molecule has 0 aliphatic rings. The van der Waals surface area contributed by atoms with Crippen LogP contribution in [0.25, 0.3) is 0 Å². The van der Waals surface area contributed by atoms with Crippen molar-refractivity contribution in [3.63, 3.8) is 0 Å². The van der Waals surface area contributed by atoms with Gasteiger partial charge in [-0.05, 0) is 19.8 Å². The van der Waals surface area contributed by atoms with Gasteiger partial charge in [-0.25, -0.2) is 0 Å². The third-order valence-electron chi connectivity index (χ3n) is 3.13. The maximum absolute atomic E-state index is 12.1. The van der Waals surface area contributed by atoms with Crippen molar-refractivity contribution in [1.82, 2.24) is 5.32 Å². The van der Waals surface area contributed by atoms with Crippen LogP contribution in [0, 0.1) is 5.41 Å². The molecule has 6 nitrogen and oxygen atoms in total. The minimum absolute atomic E-state index is 0.00914. The van der Waals surface area contributed by atoms with Crippen LogP contribution < -0.4 is 5.32 Å². The first-order chi connectivity index (χ1) is 9.69. The van der Waals surface area contributed by atoms with Crippen molar-refractivity contribution in [1.29, 1.82) is 0 Å². The molecule has 0 aliphatic heterocycles. The molecule has 0 spiro atoms. The van der Waals surface area contributed by atoms with Gasteiger partial charge in [0.1, 0.15) is 0 Å². The lowest BCUT2D eigenvalue weighted by molar-refractivity contribution is -0.165. The molecule has 1 N–H and O–H groups in total. The average Bonchev–Trinajstić information content (AvgIpc) is 2.35. The van der Waals surface area contributed by atoms with E-state index in [9.17, 15) is 14.4 Å². The van der Waals surface area contributed by atoms with Gasteiger partial charge in [-0.15, -0.1) is 0 Å². The average molecular weight is 301 g/mol. The van der Waals surface area contributed by atoms with Crippen molar-refractivity contribution in [2.24, 2.45) is 5.41 Å². The van der Waals surface area contributed by atoms with Crippen molar-refractivity contribution in [2.45, 2.75) is 66.3 Å². The van der Waals surface area contributed by atoms with Gasteiger partial charge in [0.25, 0.3) is 0 Å². The van der Waals surface area contributed by atoms with Gasteiger partial charge in [0.15, 0.2) is 0 Å². The lowest BCUT2D eigenvalue weighted by Crippen LogP contribution is -2.41. The van der Waals surface area contributed by atoms with Crippen molar-refractivity contribution >= 4 is 17.8 Å². The third-order valence-corrected chi connectivity index (χ3v) is 3.13. The summed E-state index contributed by atoms with van der Waals surface area (Å²) in [5, 5.41) is 2.90. The zero-order valence-electron chi connectivity index (χ0n) is 13.7. The van der Waals surface area contributed by atoms with Crippen molar-refractivity contribution in [2.75, 3.05) is 6.79 Å². The Morgan fingerprint density at radius 1 is 1.19 bits per heavy atom. The van der Waals surface area contributed by atoms with Crippen LogP contribution in [0.1, 0.15) is 60.3 Å². The van der Waals surface area contributed by atoms with Crippen molar-refractivity contribution in [3.8, 4) is 0 Å². The van der Waals surface area contributed by atoms with Gasteiger partial charge in [0, 0.05) is 24.8 Å². The maximum atomic E-state index is 12.1. The number of carbonyl (C=O) groups excluding carboxylic acids is 3. The molecule has 0 fully saturated rings. The van der Waals surface area contributed by atoms with Gasteiger partial charge in [-0.2, -0.15) is 0 Å². The first-order valence-corrected chi connectivity index (χ1v) is 7.29. The number of esters is 2. The zero-order chi connectivity index (χ0) is 16.5. The summed E-state index contributed by atoms with van der Waals surface area (Å²) >= 11 is 0. The van der Waals surface area contributed by atoms with E-state index in [-0.39, 0.29) is 25.2 Å². The smallest absolute Gasteiger partial charge is 0.308 e. The molecular weight excluding hydrogens is 274 g/mol. The van der Waals surface area contributed by atoms with Gasteiger partial charge in [-0.1, -0.05) is 27.2 Å². The molecule has 0 aliphatic carbocycles. The van der Waals surface area contributed by atoms with E-state index in [0.29, 0.717) is 6.42 Å². The predicted octanol–water partition coefficient (Wildman–Crippen LogP) is 2.16. The fraction of sp³-hybridized carbons (Fsp3) is 0.800. The summed E-state index contributed by atoms with van der Waals surface area (Å²) < 4.78 is 9.22. The summed E-state index contributed by atoms with van der Waals surface area (Å²) in [6, 6.07) is -0.116. The highest BCUT2D eigenvalue weighted by atomic mass is 16.7. The number of rotatable bonds is 9. The molecular formula is C15H27NO5. The Morgan fingerprint density at radius 3 is 2.33 bits per heavy atom. The highest BCUT2D eigenvalue weighted by Gasteiger charge is 2.27. The summed E-state index contributed by atoms with van der Waals surface area (Å²) in [4.78, 5) is 34.0. The molecule has 0 saturated heterocycles. The van der Waals surface area contributed by atoms with Crippen LogP contribution in [-0.4, -0.2) is 30.7 Å². The van der Waals surface area contributed by atoms with Crippen LogP contribution in [0.2, 0.25) is 0 Å². The lowest BCUT2D eigenvalue weighted by atomic mass is 9.87. The summed E-state index contributed by atoms with van der Waals surface area (Å²) in [5.74, 6) is -0.961. The fourth-order valence-electron chi connectivity index (χ4n) is 1.81. The first kappa shape index (κ1) is 19.4. The van der Waals surface area contributed by atoms with Crippen molar-refractivity contribution in [3.05, 3.63) is 0 Å². The third kappa shape index (κ3) is 9.05. The molecule has 1 amide bonds. The van der Waals surface area contributed by atoms with E-state index in [0.717, 1.165) is 12.8 Å². The lowest BCUT2D eigenvalue weighted by Gasteiger charge is -2.25.